The predicted octanol–water partition coefficient (Wildman–Crippen LogP) is 0.321. The molecule has 0 N–H and O–H groups in total. The molecule has 1 atom stereocenters. The molecule has 2 heterocycles. The zero-order chi connectivity index (χ0) is 13.2. The van der Waals surface area contributed by atoms with Gasteiger partial charge in [-0.3, -0.25) is 4.90 Å². The molecule has 1 aromatic rings. The first-order chi connectivity index (χ1) is 9.26. The quantitative estimate of drug-likeness (QED) is 0.727. The second kappa shape index (κ2) is 5.26. The van der Waals surface area contributed by atoms with Gasteiger partial charge in [0.25, 0.3) is 0 Å². The van der Waals surface area contributed by atoms with Crippen molar-refractivity contribution in [2.24, 2.45) is 0 Å². The molecule has 1 aliphatic heterocycles. The van der Waals surface area contributed by atoms with Gasteiger partial charge in [0, 0.05) is 19.0 Å². The lowest BCUT2D eigenvalue weighted by Gasteiger charge is -2.30. The van der Waals surface area contributed by atoms with Gasteiger partial charge in [0.05, 0.1) is 20.3 Å². The fourth-order valence-electron chi connectivity index (χ4n) is 2.15. The minimum absolute atomic E-state index is 0.337. The molecule has 7 nitrogen and oxygen atoms in total. The lowest BCUT2D eigenvalue weighted by Crippen LogP contribution is -2.46. The summed E-state index contributed by atoms with van der Waals surface area (Å²) in [5, 5.41) is 3.98. The van der Waals surface area contributed by atoms with Crippen LogP contribution in [0.15, 0.2) is 4.52 Å². The summed E-state index contributed by atoms with van der Waals surface area (Å²) in [6.07, 6.45) is 1.77. The van der Waals surface area contributed by atoms with Gasteiger partial charge in [0.1, 0.15) is 0 Å². The van der Waals surface area contributed by atoms with Crippen molar-refractivity contribution in [2.45, 2.75) is 31.4 Å². The molecule has 0 amide bonds. The van der Waals surface area contributed by atoms with E-state index in [9.17, 15) is 4.79 Å². The molecule has 1 saturated carbocycles. The number of hydrogen-bond acceptors (Lipinski definition) is 7. The monoisotopic (exact) mass is 267 g/mol. The van der Waals surface area contributed by atoms with Crippen LogP contribution in [0.3, 0.4) is 0 Å². The second-order valence-electron chi connectivity index (χ2n) is 4.94. The van der Waals surface area contributed by atoms with E-state index >= 15 is 0 Å². The van der Waals surface area contributed by atoms with E-state index in [1.165, 1.54) is 7.11 Å². The molecule has 1 aliphatic carbocycles. The third-order valence-electron chi connectivity index (χ3n) is 3.39. The Labute approximate surface area is 110 Å². The number of hydrogen-bond donors (Lipinski definition) is 0. The lowest BCUT2D eigenvalue weighted by atomic mass is 10.2. The summed E-state index contributed by atoms with van der Waals surface area (Å²) in [4.78, 5) is 17.9. The maximum atomic E-state index is 11.4. The van der Waals surface area contributed by atoms with Crippen molar-refractivity contribution >= 4 is 5.97 Å². The summed E-state index contributed by atoms with van der Waals surface area (Å²) < 4.78 is 15.3. The van der Waals surface area contributed by atoms with Crippen LogP contribution < -0.4 is 0 Å². The number of ether oxygens (including phenoxy) is 2. The Hall–Kier alpha value is -1.47. The summed E-state index contributed by atoms with van der Waals surface area (Å²) in [7, 11) is 1.37. The fourth-order valence-corrected chi connectivity index (χ4v) is 2.15. The van der Waals surface area contributed by atoms with Crippen LogP contribution in [0, 0.1) is 0 Å². The molecule has 0 radical (unpaired) electrons. The van der Waals surface area contributed by atoms with Crippen LogP contribution in [-0.4, -0.2) is 53.9 Å². The van der Waals surface area contributed by atoms with Crippen LogP contribution in [0.5, 0.6) is 0 Å². The molecule has 1 aromatic heterocycles. The van der Waals surface area contributed by atoms with Crippen molar-refractivity contribution in [3.63, 3.8) is 0 Å². The Morgan fingerprint density at radius 3 is 3.11 bits per heavy atom. The number of morpholine rings is 1. The zero-order valence-corrected chi connectivity index (χ0v) is 10.9. The average Bonchev–Trinajstić information content (AvgIpc) is 3.19. The molecule has 19 heavy (non-hydrogen) atoms. The molecule has 7 heteroatoms. The number of carbonyl (C=O) groups is 1. The summed E-state index contributed by atoms with van der Waals surface area (Å²) >= 11 is 0. The average molecular weight is 267 g/mol. The number of esters is 1. The van der Waals surface area contributed by atoms with E-state index in [-0.39, 0.29) is 5.97 Å². The van der Waals surface area contributed by atoms with Crippen LogP contribution in [0.1, 0.15) is 30.5 Å². The van der Waals surface area contributed by atoms with E-state index in [0.717, 1.165) is 25.3 Å². The number of aromatic nitrogens is 2. The second-order valence-corrected chi connectivity index (χ2v) is 4.94. The lowest BCUT2D eigenvalue weighted by molar-refractivity contribution is -0.160. The summed E-state index contributed by atoms with van der Waals surface area (Å²) in [6, 6.07) is 0. The molecule has 3 rings (SSSR count). The maximum absolute atomic E-state index is 11.4. The summed E-state index contributed by atoms with van der Waals surface area (Å²) in [5.74, 6) is 1.55. The third kappa shape index (κ3) is 2.93. The smallest absolute Gasteiger partial charge is 0.336 e. The van der Waals surface area contributed by atoms with Crippen LogP contribution in [0.25, 0.3) is 0 Å². The van der Waals surface area contributed by atoms with Gasteiger partial charge in [-0.15, -0.1) is 0 Å². The van der Waals surface area contributed by atoms with Crippen molar-refractivity contribution in [3.8, 4) is 0 Å². The van der Waals surface area contributed by atoms with E-state index in [0.29, 0.717) is 31.4 Å². The first-order valence-corrected chi connectivity index (χ1v) is 6.50. The molecular weight excluding hydrogens is 250 g/mol. The number of nitrogens with zero attached hydrogens (tertiary/aromatic N) is 3. The van der Waals surface area contributed by atoms with Gasteiger partial charge in [-0.25, -0.2) is 4.79 Å². The summed E-state index contributed by atoms with van der Waals surface area (Å²) in [6.45, 7) is 2.33. The molecule has 0 spiro atoms. The van der Waals surface area contributed by atoms with Gasteiger partial charge < -0.3 is 14.0 Å². The molecule has 2 fully saturated rings. The Bertz CT molecular complexity index is 458. The molecular formula is C12H17N3O4. The topological polar surface area (TPSA) is 77.7 Å². The van der Waals surface area contributed by atoms with E-state index < -0.39 is 6.10 Å². The highest BCUT2D eigenvalue weighted by Gasteiger charge is 2.31. The standard InChI is InChI=1S/C12H17N3O4/c1-17-12(16)9-6-15(4-5-18-9)7-10-13-11(19-14-10)8-2-3-8/h8-9H,2-7H2,1H3. The fraction of sp³-hybridized carbons (Fsp3) is 0.750. The summed E-state index contributed by atoms with van der Waals surface area (Å²) in [5.41, 5.74) is 0. The van der Waals surface area contributed by atoms with Crippen molar-refractivity contribution in [3.05, 3.63) is 11.7 Å². The molecule has 1 unspecified atom stereocenters. The SMILES string of the molecule is COC(=O)C1CN(Cc2noc(C3CC3)n2)CCO1. The minimum Gasteiger partial charge on any atom is -0.467 e. The Kier molecular flexibility index (Phi) is 3.48. The minimum atomic E-state index is -0.520. The highest BCUT2D eigenvalue weighted by Crippen LogP contribution is 2.38. The van der Waals surface area contributed by atoms with Crippen LogP contribution in [-0.2, 0) is 20.8 Å². The molecule has 0 aromatic carbocycles. The third-order valence-corrected chi connectivity index (χ3v) is 3.39. The van der Waals surface area contributed by atoms with Crippen molar-refractivity contribution in [1.29, 1.82) is 0 Å². The van der Waals surface area contributed by atoms with E-state index in [1.807, 2.05) is 0 Å². The molecule has 104 valence electrons. The van der Waals surface area contributed by atoms with Crippen molar-refractivity contribution < 1.29 is 18.8 Å². The molecule has 1 saturated heterocycles. The van der Waals surface area contributed by atoms with Gasteiger partial charge >= 0.3 is 5.97 Å². The van der Waals surface area contributed by atoms with E-state index in [2.05, 4.69) is 15.0 Å². The number of rotatable bonds is 4. The van der Waals surface area contributed by atoms with Gasteiger partial charge in [-0.1, -0.05) is 5.16 Å². The van der Waals surface area contributed by atoms with Crippen LogP contribution in [0.2, 0.25) is 0 Å². The Morgan fingerprint density at radius 1 is 1.53 bits per heavy atom. The van der Waals surface area contributed by atoms with Gasteiger partial charge in [-0.2, -0.15) is 4.98 Å². The highest BCUT2D eigenvalue weighted by atomic mass is 16.6. The number of carbonyl (C=O) groups excluding carboxylic acids is 1. The van der Waals surface area contributed by atoms with Crippen LogP contribution >= 0.6 is 0 Å². The molecule has 2 aliphatic rings. The van der Waals surface area contributed by atoms with Crippen molar-refractivity contribution in [1.82, 2.24) is 15.0 Å². The number of methoxy groups -OCH3 is 1. The van der Waals surface area contributed by atoms with Gasteiger partial charge in [-0.05, 0) is 12.8 Å². The van der Waals surface area contributed by atoms with E-state index in [1.54, 1.807) is 0 Å². The molecule has 0 bridgehead atoms. The zero-order valence-electron chi connectivity index (χ0n) is 10.9. The Morgan fingerprint density at radius 2 is 2.37 bits per heavy atom. The highest BCUT2D eigenvalue weighted by molar-refractivity contribution is 5.74. The van der Waals surface area contributed by atoms with Gasteiger partial charge in [0.15, 0.2) is 11.9 Å². The van der Waals surface area contributed by atoms with Gasteiger partial charge in [0.2, 0.25) is 5.89 Å². The van der Waals surface area contributed by atoms with Crippen LogP contribution in [0.4, 0.5) is 0 Å². The predicted molar refractivity (Wildman–Crippen MR) is 63.3 cm³/mol. The first-order valence-electron chi connectivity index (χ1n) is 6.50. The maximum Gasteiger partial charge on any atom is 0.336 e. The van der Waals surface area contributed by atoms with E-state index in [4.69, 9.17) is 14.0 Å². The first kappa shape index (κ1) is 12.6. The Balaban J connectivity index is 1.57. The van der Waals surface area contributed by atoms with Crippen molar-refractivity contribution in [2.75, 3.05) is 26.8 Å². The largest absolute Gasteiger partial charge is 0.467 e. The normalized spacial score (nSPS) is 24.4.